The van der Waals surface area contributed by atoms with Crippen LogP contribution >= 0.6 is 11.8 Å². The number of aromatic nitrogens is 2. The van der Waals surface area contributed by atoms with Gasteiger partial charge in [-0.25, -0.2) is 0 Å². The molecule has 3 unspecified atom stereocenters. The third-order valence-electron chi connectivity index (χ3n) is 5.09. The third-order valence-corrected chi connectivity index (χ3v) is 6.19. The van der Waals surface area contributed by atoms with Gasteiger partial charge in [0.25, 0.3) is 0 Å². The summed E-state index contributed by atoms with van der Waals surface area (Å²) in [4.78, 5) is 12.1. The minimum absolute atomic E-state index is 0.0213. The summed E-state index contributed by atoms with van der Waals surface area (Å²) in [6.07, 6.45) is 3.91. The average Bonchev–Trinajstić information content (AvgIpc) is 3.37. The second kappa shape index (κ2) is 6.46. The van der Waals surface area contributed by atoms with Crippen molar-refractivity contribution in [3.8, 4) is 11.4 Å². The first-order chi connectivity index (χ1) is 13.2. The Morgan fingerprint density at radius 1 is 1.07 bits per heavy atom. The Balaban J connectivity index is 1.60. The Morgan fingerprint density at radius 3 is 2.70 bits per heavy atom. The van der Waals surface area contributed by atoms with Crippen LogP contribution in [0.1, 0.15) is 30.4 Å². The lowest BCUT2D eigenvalue weighted by molar-refractivity contribution is 0.312. The van der Waals surface area contributed by atoms with E-state index >= 15 is 0 Å². The summed E-state index contributed by atoms with van der Waals surface area (Å²) in [6.45, 7) is 3.23. The highest BCUT2D eigenvalue weighted by Gasteiger charge is 2.44. The minimum Gasteiger partial charge on any atom is -0.508 e. The van der Waals surface area contributed by atoms with E-state index in [-0.39, 0.29) is 17.8 Å². The Morgan fingerprint density at radius 2 is 1.93 bits per heavy atom. The topological polar surface area (TPSA) is 53.7 Å². The maximum Gasteiger partial charge on any atom is 0.160 e. The van der Waals surface area contributed by atoms with Crippen LogP contribution in [0.25, 0.3) is 5.69 Å². The number of phenolic OH excluding ortho intramolecular Hbond substituents is 1. The molecule has 27 heavy (non-hydrogen) atoms. The maximum absolute atomic E-state index is 9.63. The van der Waals surface area contributed by atoms with Gasteiger partial charge in [0.05, 0.1) is 11.7 Å². The van der Waals surface area contributed by atoms with E-state index in [0.717, 1.165) is 23.1 Å². The molecule has 1 fully saturated rings. The van der Waals surface area contributed by atoms with Crippen LogP contribution in [-0.4, -0.2) is 36.5 Å². The Kier molecular flexibility index (Phi) is 3.93. The van der Waals surface area contributed by atoms with Crippen LogP contribution < -0.4 is 0 Å². The van der Waals surface area contributed by atoms with Crippen LogP contribution in [0, 0.1) is 0 Å². The number of benzene rings is 1. The van der Waals surface area contributed by atoms with Crippen molar-refractivity contribution in [2.24, 2.45) is 4.99 Å². The van der Waals surface area contributed by atoms with E-state index in [1.54, 1.807) is 12.1 Å². The molecule has 5 rings (SSSR count). The number of aromatic hydroxyl groups is 1. The molecule has 0 amide bonds. The van der Waals surface area contributed by atoms with E-state index in [9.17, 15) is 5.11 Å². The van der Waals surface area contributed by atoms with E-state index < -0.39 is 0 Å². The van der Waals surface area contributed by atoms with Gasteiger partial charge in [0.1, 0.15) is 11.8 Å². The maximum atomic E-state index is 9.63. The highest BCUT2D eigenvalue weighted by atomic mass is 32.2. The molecule has 3 aromatic rings. The van der Waals surface area contributed by atoms with Crippen LogP contribution in [0.4, 0.5) is 0 Å². The van der Waals surface area contributed by atoms with Crippen LogP contribution in [0.3, 0.4) is 0 Å². The van der Waals surface area contributed by atoms with Crippen molar-refractivity contribution < 1.29 is 5.11 Å². The number of hydrogen-bond donors (Lipinski definition) is 1. The Bertz CT molecular complexity index is 983. The molecule has 0 saturated carbocycles. The lowest BCUT2D eigenvalue weighted by Crippen LogP contribution is -2.30. The number of amidine groups is 1. The van der Waals surface area contributed by atoms with Crippen molar-refractivity contribution in [1.29, 1.82) is 0 Å². The van der Waals surface area contributed by atoms with Gasteiger partial charge in [-0.3, -0.25) is 9.98 Å². The molecule has 5 nitrogen and oxygen atoms in total. The number of pyridine rings is 1. The fourth-order valence-corrected chi connectivity index (χ4v) is 5.01. The lowest BCUT2D eigenvalue weighted by atomic mass is 10.0. The van der Waals surface area contributed by atoms with E-state index in [2.05, 4.69) is 45.8 Å². The summed E-state index contributed by atoms with van der Waals surface area (Å²) in [6, 6.07) is 17.7. The van der Waals surface area contributed by atoms with E-state index in [0.29, 0.717) is 5.25 Å². The number of aliphatic imine (C=N–C) groups is 1. The molecule has 1 aromatic carbocycles. The molecular formula is C21H20N4OS. The van der Waals surface area contributed by atoms with Crippen molar-refractivity contribution in [2.75, 3.05) is 6.54 Å². The molecule has 1 saturated heterocycles. The van der Waals surface area contributed by atoms with Gasteiger partial charge in [-0.2, -0.15) is 0 Å². The van der Waals surface area contributed by atoms with Gasteiger partial charge < -0.3 is 14.6 Å². The minimum atomic E-state index is -0.0213. The fraction of sp³-hybridized carbons (Fsp3) is 0.238. The first kappa shape index (κ1) is 16.4. The second-order valence-electron chi connectivity index (χ2n) is 6.96. The summed E-state index contributed by atoms with van der Waals surface area (Å²) < 4.78 is 2.19. The van der Waals surface area contributed by atoms with Crippen molar-refractivity contribution in [1.82, 2.24) is 14.5 Å². The molecule has 6 heteroatoms. The molecule has 0 bridgehead atoms. The summed E-state index contributed by atoms with van der Waals surface area (Å²) in [5.74, 6) is 0.273. The summed E-state index contributed by atoms with van der Waals surface area (Å²) in [5.41, 5.74) is 3.21. The first-order valence-corrected chi connectivity index (χ1v) is 9.97. The molecule has 4 heterocycles. The Labute approximate surface area is 162 Å². The standard InChI is InChI=1S/C21H20N4OS/c1-14-13-25-20(19(23-21(25)27-14)17-5-2-3-11-22-17)18-6-4-12-24(18)15-7-9-16(26)10-8-15/h2-12,14,19-20,26H,13H2,1H3. The third kappa shape index (κ3) is 2.80. The Hall–Kier alpha value is -2.73. The molecule has 136 valence electrons. The molecule has 3 atom stereocenters. The molecule has 0 radical (unpaired) electrons. The number of hydrogen-bond acceptors (Lipinski definition) is 5. The molecule has 2 aromatic heterocycles. The molecule has 2 aliphatic heterocycles. The quantitative estimate of drug-likeness (QED) is 0.745. The first-order valence-electron chi connectivity index (χ1n) is 9.09. The van der Waals surface area contributed by atoms with Crippen LogP contribution in [0.15, 0.2) is 72.0 Å². The molecule has 0 aliphatic carbocycles. The second-order valence-corrected chi connectivity index (χ2v) is 8.36. The number of nitrogens with zero attached hydrogens (tertiary/aromatic N) is 4. The van der Waals surface area contributed by atoms with Crippen LogP contribution in [0.2, 0.25) is 0 Å². The molecular weight excluding hydrogens is 356 g/mol. The number of rotatable bonds is 3. The molecule has 0 spiro atoms. The zero-order chi connectivity index (χ0) is 18.4. The van der Waals surface area contributed by atoms with E-state index in [4.69, 9.17) is 4.99 Å². The smallest absolute Gasteiger partial charge is 0.160 e. The predicted molar refractivity (Wildman–Crippen MR) is 108 cm³/mol. The number of phenols is 1. The van der Waals surface area contributed by atoms with Gasteiger partial charge in [0.2, 0.25) is 0 Å². The van der Waals surface area contributed by atoms with Crippen molar-refractivity contribution in [2.45, 2.75) is 24.3 Å². The van der Waals surface area contributed by atoms with Crippen molar-refractivity contribution in [3.05, 3.63) is 78.4 Å². The normalized spacial score (nSPS) is 24.1. The predicted octanol–water partition coefficient (Wildman–Crippen LogP) is 4.17. The van der Waals surface area contributed by atoms with Gasteiger partial charge >= 0.3 is 0 Å². The van der Waals surface area contributed by atoms with Crippen LogP contribution in [-0.2, 0) is 0 Å². The van der Waals surface area contributed by atoms with E-state index in [1.807, 2.05) is 42.2 Å². The monoisotopic (exact) mass is 376 g/mol. The fourth-order valence-electron chi connectivity index (χ4n) is 3.92. The highest BCUT2D eigenvalue weighted by molar-refractivity contribution is 8.14. The zero-order valence-corrected chi connectivity index (χ0v) is 15.8. The summed E-state index contributed by atoms with van der Waals surface area (Å²) in [7, 11) is 0. The van der Waals surface area contributed by atoms with Crippen molar-refractivity contribution in [3.63, 3.8) is 0 Å². The largest absolute Gasteiger partial charge is 0.508 e. The van der Waals surface area contributed by atoms with Crippen molar-refractivity contribution >= 4 is 16.9 Å². The van der Waals surface area contributed by atoms with Gasteiger partial charge in [0, 0.05) is 35.6 Å². The van der Waals surface area contributed by atoms with Crippen LogP contribution in [0.5, 0.6) is 5.75 Å². The van der Waals surface area contributed by atoms with Gasteiger partial charge in [-0.1, -0.05) is 24.8 Å². The zero-order valence-electron chi connectivity index (χ0n) is 14.9. The lowest BCUT2D eigenvalue weighted by Gasteiger charge is -2.28. The number of fused-ring (bicyclic) bond motifs is 1. The van der Waals surface area contributed by atoms with Gasteiger partial charge in [-0.05, 0) is 48.5 Å². The van der Waals surface area contributed by atoms with Gasteiger partial charge in [0.15, 0.2) is 5.17 Å². The molecule has 1 N–H and O–H groups in total. The summed E-state index contributed by atoms with van der Waals surface area (Å²) >= 11 is 1.85. The van der Waals surface area contributed by atoms with Gasteiger partial charge in [-0.15, -0.1) is 0 Å². The SMILES string of the molecule is CC1CN2C(=NC(c3ccccn3)C2c2cccn2-c2ccc(O)cc2)S1. The van der Waals surface area contributed by atoms with E-state index in [1.165, 1.54) is 5.69 Å². The average molecular weight is 376 g/mol. The highest BCUT2D eigenvalue weighted by Crippen LogP contribution is 2.47. The summed E-state index contributed by atoms with van der Waals surface area (Å²) in [5, 5.41) is 11.3. The number of thioether (sulfide) groups is 1. The molecule has 2 aliphatic rings.